The Morgan fingerprint density at radius 1 is 1.19 bits per heavy atom. The van der Waals surface area contributed by atoms with Gasteiger partial charge in [-0.3, -0.25) is 0 Å². The van der Waals surface area contributed by atoms with Crippen LogP contribution in [0.25, 0.3) is 0 Å². The Balaban J connectivity index is 1.65. The summed E-state index contributed by atoms with van der Waals surface area (Å²) in [7, 11) is 0. The molecule has 1 fully saturated rings. The largest absolute Gasteiger partial charge is 0.310 e. The molecule has 1 nitrogen and oxygen atoms in total. The molecule has 16 heavy (non-hydrogen) atoms. The van der Waals surface area contributed by atoms with Gasteiger partial charge in [0.1, 0.15) is 0 Å². The number of hydrogen-bond donors (Lipinski definition) is 1. The van der Waals surface area contributed by atoms with Gasteiger partial charge in [0.25, 0.3) is 0 Å². The average molecular weight is 215 g/mol. The van der Waals surface area contributed by atoms with E-state index >= 15 is 0 Å². The Labute approximate surface area is 98.3 Å². The van der Waals surface area contributed by atoms with Gasteiger partial charge in [-0.05, 0) is 42.2 Å². The molecule has 0 aromatic heterocycles. The third-order valence-electron chi connectivity index (χ3n) is 4.30. The van der Waals surface area contributed by atoms with E-state index < -0.39 is 0 Å². The molecule has 0 aliphatic heterocycles. The molecule has 2 atom stereocenters. The van der Waals surface area contributed by atoms with Crippen LogP contribution in [-0.4, -0.2) is 12.1 Å². The highest BCUT2D eigenvalue weighted by Gasteiger charge is 2.46. The zero-order valence-electron chi connectivity index (χ0n) is 10.3. The number of fused-ring (bicyclic) bond motifs is 1. The van der Waals surface area contributed by atoms with Crippen LogP contribution in [0.4, 0.5) is 0 Å². The number of benzene rings is 1. The van der Waals surface area contributed by atoms with Gasteiger partial charge in [0, 0.05) is 12.1 Å². The van der Waals surface area contributed by atoms with Gasteiger partial charge in [0.15, 0.2) is 0 Å². The third-order valence-corrected chi connectivity index (χ3v) is 4.30. The fourth-order valence-electron chi connectivity index (χ4n) is 2.88. The SMILES string of the molecule is CC1(C)CC1NC1CCc2ccccc2C1. The van der Waals surface area contributed by atoms with Crippen molar-refractivity contribution in [1.29, 1.82) is 0 Å². The lowest BCUT2D eigenvalue weighted by molar-refractivity contribution is 0.422. The second kappa shape index (κ2) is 3.59. The maximum absolute atomic E-state index is 3.82. The molecular formula is C15H21N. The van der Waals surface area contributed by atoms with Crippen LogP contribution < -0.4 is 5.32 Å². The van der Waals surface area contributed by atoms with Crippen LogP contribution in [0.15, 0.2) is 24.3 Å². The summed E-state index contributed by atoms with van der Waals surface area (Å²) in [6.45, 7) is 4.73. The quantitative estimate of drug-likeness (QED) is 0.800. The minimum Gasteiger partial charge on any atom is -0.310 e. The second-order valence-electron chi connectivity index (χ2n) is 6.12. The fourth-order valence-corrected chi connectivity index (χ4v) is 2.88. The zero-order chi connectivity index (χ0) is 11.2. The summed E-state index contributed by atoms with van der Waals surface area (Å²) in [6, 6.07) is 10.4. The van der Waals surface area contributed by atoms with E-state index in [0.29, 0.717) is 11.5 Å². The molecule has 3 rings (SSSR count). The Bertz CT molecular complexity index is 394. The van der Waals surface area contributed by atoms with Gasteiger partial charge in [0.05, 0.1) is 0 Å². The van der Waals surface area contributed by atoms with Crippen LogP contribution in [0, 0.1) is 5.41 Å². The van der Waals surface area contributed by atoms with Crippen molar-refractivity contribution in [2.75, 3.05) is 0 Å². The van der Waals surface area contributed by atoms with E-state index in [1.165, 1.54) is 25.7 Å². The van der Waals surface area contributed by atoms with Crippen LogP contribution in [-0.2, 0) is 12.8 Å². The highest BCUT2D eigenvalue weighted by atomic mass is 15.0. The average Bonchev–Trinajstić information content (AvgIpc) is 2.86. The van der Waals surface area contributed by atoms with Crippen molar-refractivity contribution in [2.45, 2.75) is 51.6 Å². The first-order valence-electron chi connectivity index (χ1n) is 6.48. The summed E-state index contributed by atoms with van der Waals surface area (Å²) in [6.07, 6.45) is 5.14. The van der Waals surface area contributed by atoms with Gasteiger partial charge in [-0.2, -0.15) is 0 Å². The maximum atomic E-state index is 3.82. The topological polar surface area (TPSA) is 12.0 Å². The van der Waals surface area contributed by atoms with Crippen molar-refractivity contribution < 1.29 is 0 Å². The number of rotatable bonds is 2. The van der Waals surface area contributed by atoms with Crippen molar-refractivity contribution in [2.24, 2.45) is 5.41 Å². The summed E-state index contributed by atoms with van der Waals surface area (Å²) in [5, 5.41) is 3.82. The molecule has 2 unspecified atom stereocenters. The highest BCUT2D eigenvalue weighted by Crippen LogP contribution is 2.45. The van der Waals surface area contributed by atoms with E-state index in [4.69, 9.17) is 0 Å². The lowest BCUT2D eigenvalue weighted by Gasteiger charge is -2.26. The van der Waals surface area contributed by atoms with E-state index in [1.54, 1.807) is 11.1 Å². The minimum atomic E-state index is 0.553. The molecule has 1 aromatic rings. The van der Waals surface area contributed by atoms with Gasteiger partial charge in [-0.1, -0.05) is 38.1 Å². The molecule has 0 bridgehead atoms. The molecule has 0 heterocycles. The molecule has 2 aliphatic rings. The molecule has 1 heteroatoms. The summed E-state index contributed by atoms with van der Waals surface area (Å²) < 4.78 is 0. The van der Waals surface area contributed by atoms with Crippen LogP contribution in [0.1, 0.15) is 37.8 Å². The molecule has 1 saturated carbocycles. The third kappa shape index (κ3) is 1.89. The van der Waals surface area contributed by atoms with Crippen molar-refractivity contribution in [3.8, 4) is 0 Å². The molecule has 86 valence electrons. The van der Waals surface area contributed by atoms with E-state index in [0.717, 1.165) is 6.04 Å². The predicted molar refractivity (Wildman–Crippen MR) is 67.6 cm³/mol. The first-order chi connectivity index (χ1) is 7.65. The monoisotopic (exact) mass is 215 g/mol. The first kappa shape index (κ1) is 10.3. The Morgan fingerprint density at radius 2 is 1.88 bits per heavy atom. The zero-order valence-corrected chi connectivity index (χ0v) is 10.3. The predicted octanol–water partition coefficient (Wildman–Crippen LogP) is 2.93. The fraction of sp³-hybridized carbons (Fsp3) is 0.600. The molecule has 0 amide bonds. The highest BCUT2D eigenvalue weighted by molar-refractivity contribution is 5.30. The van der Waals surface area contributed by atoms with Crippen molar-refractivity contribution in [3.05, 3.63) is 35.4 Å². The summed E-state index contributed by atoms with van der Waals surface area (Å²) in [4.78, 5) is 0. The number of aryl methyl sites for hydroxylation is 1. The Kier molecular flexibility index (Phi) is 2.32. The minimum absolute atomic E-state index is 0.553. The summed E-state index contributed by atoms with van der Waals surface area (Å²) in [5.74, 6) is 0. The van der Waals surface area contributed by atoms with Crippen LogP contribution in [0.5, 0.6) is 0 Å². The molecule has 0 radical (unpaired) electrons. The van der Waals surface area contributed by atoms with Gasteiger partial charge >= 0.3 is 0 Å². The first-order valence-corrected chi connectivity index (χ1v) is 6.48. The van der Waals surface area contributed by atoms with Gasteiger partial charge in [-0.25, -0.2) is 0 Å². The molecule has 0 spiro atoms. The van der Waals surface area contributed by atoms with E-state index in [1.807, 2.05) is 0 Å². The Morgan fingerprint density at radius 3 is 2.56 bits per heavy atom. The summed E-state index contributed by atoms with van der Waals surface area (Å²) >= 11 is 0. The standard InChI is InChI=1S/C15H21N/c1-15(2)10-14(15)16-13-8-7-11-5-3-4-6-12(11)9-13/h3-6,13-14,16H,7-10H2,1-2H3. The van der Waals surface area contributed by atoms with E-state index in [-0.39, 0.29) is 0 Å². The molecular weight excluding hydrogens is 194 g/mol. The van der Waals surface area contributed by atoms with Crippen LogP contribution >= 0.6 is 0 Å². The van der Waals surface area contributed by atoms with Gasteiger partial charge < -0.3 is 5.32 Å². The molecule has 2 aliphatic carbocycles. The lowest BCUT2D eigenvalue weighted by Crippen LogP contribution is -2.37. The molecule has 1 N–H and O–H groups in total. The van der Waals surface area contributed by atoms with E-state index in [2.05, 4.69) is 43.4 Å². The number of nitrogens with one attached hydrogen (secondary N) is 1. The maximum Gasteiger partial charge on any atom is 0.0127 e. The van der Waals surface area contributed by atoms with Crippen molar-refractivity contribution in [3.63, 3.8) is 0 Å². The molecule has 0 saturated heterocycles. The van der Waals surface area contributed by atoms with E-state index in [9.17, 15) is 0 Å². The molecule has 1 aromatic carbocycles. The van der Waals surface area contributed by atoms with Crippen molar-refractivity contribution in [1.82, 2.24) is 5.32 Å². The van der Waals surface area contributed by atoms with Gasteiger partial charge in [0.2, 0.25) is 0 Å². The second-order valence-corrected chi connectivity index (χ2v) is 6.12. The van der Waals surface area contributed by atoms with Crippen LogP contribution in [0.2, 0.25) is 0 Å². The van der Waals surface area contributed by atoms with Gasteiger partial charge in [-0.15, -0.1) is 0 Å². The number of hydrogen-bond acceptors (Lipinski definition) is 1. The lowest BCUT2D eigenvalue weighted by atomic mass is 9.88. The normalized spacial score (nSPS) is 30.9. The summed E-state index contributed by atoms with van der Waals surface area (Å²) in [5.41, 5.74) is 3.68. The van der Waals surface area contributed by atoms with Crippen LogP contribution in [0.3, 0.4) is 0 Å². The smallest absolute Gasteiger partial charge is 0.0127 e. The van der Waals surface area contributed by atoms with Crippen molar-refractivity contribution >= 4 is 0 Å². The Hall–Kier alpha value is -0.820.